The molecule has 0 aliphatic carbocycles. The molecule has 1 aliphatic heterocycles. The van der Waals surface area contributed by atoms with Crippen molar-refractivity contribution in [2.45, 2.75) is 25.3 Å². The van der Waals surface area contributed by atoms with Gasteiger partial charge in [0.15, 0.2) is 5.82 Å². The van der Waals surface area contributed by atoms with Crippen molar-refractivity contribution in [3.63, 3.8) is 0 Å². The molecule has 33 heavy (non-hydrogen) atoms. The third-order valence-corrected chi connectivity index (χ3v) is 6.52. The summed E-state index contributed by atoms with van der Waals surface area (Å²) in [6, 6.07) is 23.7. The minimum atomic E-state index is -0.0783. The number of anilines is 1. The molecule has 2 heterocycles. The van der Waals surface area contributed by atoms with Gasteiger partial charge in [0.2, 0.25) is 11.8 Å². The Hall–Kier alpha value is -3.64. The van der Waals surface area contributed by atoms with Crippen LogP contribution in [-0.4, -0.2) is 21.6 Å². The number of rotatable bonds is 5. The number of benzene rings is 3. The fraction of sp³-hybridized carbons (Fsp3) is 0.148. The Morgan fingerprint density at radius 1 is 0.970 bits per heavy atom. The SMILES string of the molecule is Cc1ccc(NC(=O)CSc2nc(-c3ccccc3)nc3c2Cc2cccc(C)c2O3)cc1. The van der Waals surface area contributed by atoms with Crippen LogP contribution in [0.2, 0.25) is 0 Å². The average molecular weight is 454 g/mol. The van der Waals surface area contributed by atoms with E-state index in [0.29, 0.717) is 18.1 Å². The first-order chi connectivity index (χ1) is 16.1. The van der Waals surface area contributed by atoms with E-state index in [1.165, 1.54) is 11.8 Å². The van der Waals surface area contributed by atoms with Gasteiger partial charge in [0.25, 0.3) is 0 Å². The lowest BCUT2D eigenvalue weighted by Gasteiger charge is -2.23. The van der Waals surface area contributed by atoms with Gasteiger partial charge in [-0.2, -0.15) is 4.98 Å². The fourth-order valence-electron chi connectivity index (χ4n) is 3.77. The number of ether oxygens (including phenoxy) is 1. The molecule has 1 amide bonds. The predicted molar refractivity (Wildman–Crippen MR) is 132 cm³/mol. The van der Waals surface area contributed by atoms with Gasteiger partial charge in [-0.05, 0) is 37.1 Å². The quantitative estimate of drug-likeness (QED) is 0.254. The molecule has 0 atom stereocenters. The van der Waals surface area contributed by atoms with E-state index in [-0.39, 0.29) is 11.7 Å². The van der Waals surface area contributed by atoms with Crippen LogP contribution in [0.15, 0.2) is 77.8 Å². The van der Waals surface area contributed by atoms with Crippen molar-refractivity contribution in [3.8, 4) is 23.0 Å². The minimum absolute atomic E-state index is 0.0783. The van der Waals surface area contributed by atoms with E-state index in [1.807, 2.05) is 80.6 Å². The van der Waals surface area contributed by atoms with Crippen LogP contribution in [0.25, 0.3) is 11.4 Å². The summed E-state index contributed by atoms with van der Waals surface area (Å²) >= 11 is 1.41. The Kier molecular flexibility index (Phi) is 5.84. The predicted octanol–water partition coefficient (Wildman–Crippen LogP) is 6.19. The van der Waals surface area contributed by atoms with Crippen LogP contribution in [0.1, 0.15) is 22.3 Å². The summed E-state index contributed by atoms with van der Waals surface area (Å²) in [4.78, 5) is 22.2. The zero-order chi connectivity index (χ0) is 22.8. The lowest BCUT2D eigenvalue weighted by atomic mass is 10.0. The van der Waals surface area contributed by atoms with Crippen molar-refractivity contribution < 1.29 is 9.53 Å². The highest BCUT2D eigenvalue weighted by Gasteiger charge is 2.25. The molecule has 0 saturated carbocycles. The van der Waals surface area contributed by atoms with Crippen molar-refractivity contribution in [3.05, 3.63) is 95.1 Å². The van der Waals surface area contributed by atoms with Gasteiger partial charge in [-0.15, -0.1) is 0 Å². The molecule has 0 unspecified atom stereocenters. The number of aryl methyl sites for hydroxylation is 2. The number of carbonyl (C=O) groups is 1. The Morgan fingerprint density at radius 2 is 1.76 bits per heavy atom. The van der Waals surface area contributed by atoms with Gasteiger partial charge >= 0.3 is 0 Å². The Balaban J connectivity index is 1.44. The van der Waals surface area contributed by atoms with Crippen molar-refractivity contribution in [1.29, 1.82) is 0 Å². The summed E-state index contributed by atoms with van der Waals surface area (Å²) in [5.41, 5.74) is 5.94. The second kappa shape index (κ2) is 9.08. The summed E-state index contributed by atoms with van der Waals surface area (Å²) in [7, 11) is 0. The van der Waals surface area contributed by atoms with Gasteiger partial charge in [-0.3, -0.25) is 4.79 Å². The van der Waals surface area contributed by atoms with Crippen LogP contribution < -0.4 is 10.1 Å². The molecule has 5 rings (SSSR count). The van der Waals surface area contributed by atoms with Crippen molar-refractivity contribution in [2.75, 3.05) is 11.1 Å². The smallest absolute Gasteiger partial charge is 0.234 e. The lowest BCUT2D eigenvalue weighted by molar-refractivity contribution is -0.113. The Morgan fingerprint density at radius 3 is 2.55 bits per heavy atom. The number of para-hydroxylation sites is 1. The van der Waals surface area contributed by atoms with E-state index >= 15 is 0 Å². The lowest BCUT2D eigenvalue weighted by Crippen LogP contribution is -2.15. The number of hydrogen-bond acceptors (Lipinski definition) is 5. The first-order valence-electron chi connectivity index (χ1n) is 10.8. The average Bonchev–Trinajstić information content (AvgIpc) is 2.84. The first kappa shape index (κ1) is 21.2. The summed E-state index contributed by atoms with van der Waals surface area (Å²) in [6.45, 7) is 4.06. The number of hydrogen-bond donors (Lipinski definition) is 1. The number of aromatic nitrogens is 2. The molecule has 0 bridgehead atoms. The molecular weight excluding hydrogens is 430 g/mol. The molecule has 0 fully saturated rings. The summed E-state index contributed by atoms with van der Waals surface area (Å²) < 4.78 is 6.26. The standard InChI is InChI=1S/C27H23N3O2S/c1-17-11-13-21(14-12-17)28-23(31)16-33-27-22-15-20-10-6-7-18(2)24(20)32-26(22)29-25(30-27)19-8-4-3-5-9-19/h3-14H,15-16H2,1-2H3,(H,28,31). The third kappa shape index (κ3) is 4.61. The molecule has 6 heteroatoms. The van der Waals surface area contributed by atoms with E-state index in [2.05, 4.69) is 11.4 Å². The zero-order valence-electron chi connectivity index (χ0n) is 18.5. The van der Waals surface area contributed by atoms with E-state index in [1.54, 1.807) is 0 Å². The van der Waals surface area contributed by atoms with E-state index in [9.17, 15) is 4.79 Å². The van der Waals surface area contributed by atoms with Crippen LogP contribution in [0, 0.1) is 13.8 Å². The van der Waals surface area contributed by atoms with Crippen molar-refractivity contribution >= 4 is 23.4 Å². The maximum Gasteiger partial charge on any atom is 0.234 e. The number of thioether (sulfide) groups is 1. The summed E-state index contributed by atoms with van der Waals surface area (Å²) in [5, 5.41) is 3.72. The number of amides is 1. The topological polar surface area (TPSA) is 64.1 Å². The van der Waals surface area contributed by atoms with Crippen molar-refractivity contribution in [1.82, 2.24) is 9.97 Å². The number of nitrogens with zero attached hydrogens (tertiary/aromatic N) is 2. The maximum atomic E-state index is 12.6. The van der Waals surface area contributed by atoms with Gasteiger partial charge in [0.05, 0.1) is 11.3 Å². The molecule has 4 aromatic rings. The largest absolute Gasteiger partial charge is 0.438 e. The van der Waals surface area contributed by atoms with Crippen LogP contribution in [-0.2, 0) is 11.2 Å². The fourth-order valence-corrected chi connectivity index (χ4v) is 4.59. The van der Waals surface area contributed by atoms with E-state index in [0.717, 1.165) is 44.3 Å². The zero-order valence-corrected chi connectivity index (χ0v) is 19.3. The molecule has 1 N–H and O–H groups in total. The van der Waals surface area contributed by atoms with Crippen LogP contribution in [0.3, 0.4) is 0 Å². The van der Waals surface area contributed by atoms with Gasteiger partial charge in [0.1, 0.15) is 10.8 Å². The van der Waals surface area contributed by atoms with Gasteiger partial charge < -0.3 is 10.1 Å². The first-order valence-corrected chi connectivity index (χ1v) is 11.8. The highest BCUT2D eigenvalue weighted by Crippen LogP contribution is 2.41. The molecule has 1 aromatic heterocycles. The molecule has 0 saturated heterocycles. The molecule has 0 spiro atoms. The Bertz CT molecular complexity index is 1320. The molecule has 0 radical (unpaired) electrons. The minimum Gasteiger partial charge on any atom is -0.438 e. The molecule has 5 nitrogen and oxygen atoms in total. The second-order valence-electron chi connectivity index (χ2n) is 8.05. The number of nitrogens with one attached hydrogen (secondary N) is 1. The summed E-state index contributed by atoms with van der Waals surface area (Å²) in [6.07, 6.45) is 0.670. The van der Waals surface area contributed by atoms with E-state index in [4.69, 9.17) is 14.7 Å². The maximum absolute atomic E-state index is 12.6. The highest BCUT2D eigenvalue weighted by atomic mass is 32.2. The van der Waals surface area contributed by atoms with Gasteiger partial charge in [-0.25, -0.2) is 4.98 Å². The van der Waals surface area contributed by atoms with E-state index < -0.39 is 0 Å². The van der Waals surface area contributed by atoms with Crippen LogP contribution in [0.4, 0.5) is 5.69 Å². The highest BCUT2D eigenvalue weighted by molar-refractivity contribution is 8.00. The summed E-state index contributed by atoms with van der Waals surface area (Å²) in [5.74, 6) is 2.17. The van der Waals surface area contributed by atoms with Crippen LogP contribution in [0.5, 0.6) is 11.6 Å². The van der Waals surface area contributed by atoms with Crippen molar-refractivity contribution in [2.24, 2.45) is 0 Å². The second-order valence-corrected chi connectivity index (χ2v) is 9.01. The van der Waals surface area contributed by atoms with Gasteiger partial charge in [0, 0.05) is 17.7 Å². The molecular formula is C27H23N3O2S. The third-order valence-electron chi connectivity index (χ3n) is 5.50. The monoisotopic (exact) mass is 453 g/mol. The number of fused-ring (bicyclic) bond motifs is 2. The van der Waals surface area contributed by atoms with Crippen LogP contribution >= 0.6 is 11.8 Å². The molecule has 3 aromatic carbocycles. The number of carbonyl (C=O) groups excluding carboxylic acids is 1. The van der Waals surface area contributed by atoms with Gasteiger partial charge in [-0.1, -0.05) is 78.0 Å². The molecule has 1 aliphatic rings. The molecule has 164 valence electrons. The normalized spacial score (nSPS) is 11.8. The Labute approximate surface area is 197 Å².